The Morgan fingerprint density at radius 3 is 2.78 bits per heavy atom. The van der Waals surface area contributed by atoms with Crippen LogP contribution < -0.4 is 15.2 Å². The molecule has 2 rings (SSSR count). The van der Waals surface area contributed by atoms with Gasteiger partial charge in [-0.3, -0.25) is 4.79 Å². The van der Waals surface area contributed by atoms with Crippen molar-refractivity contribution in [3.8, 4) is 17.4 Å². The first-order chi connectivity index (χ1) is 8.74. The number of ether oxygens (including phenoxy) is 2. The van der Waals surface area contributed by atoms with E-state index in [1.165, 1.54) is 7.11 Å². The summed E-state index contributed by atoms with van der Waals surface area (Å²) < 4.78 is 10.7. The van der Waals surface area contributed by atoms with Crippen LogP contribution in [0.15, 0.2) is 36.5 Å². The third-order valence-corrected chi connectivity index (χ3v) is 2.33. The van der Waals surface area contributed by atoms with E-state index in [2.05, 4.69) is 4.98 Å². The second-order valence-electron chi connectivity index (χ2n) is 3.53. The van der Waals surface area contributed by atoms with E-state index in [1.54, 1.807) is 36.5 Å². The topological polar surface area (TPSA) is 74.4 Å². The van der Waals surface area contributed by atoms with Crippen molar-refractivity contribution in [1.82, 2.24) is 4.98 Å². The molecule has 18 heavy (non-hydrogen) atoms. The predicted molar refractivity (Wildman–Crippen MR) is 67.1 cm³/mol. The molecule has 1 heterocycles. The van der Waals surface area contributed by atoms with Gasteiger partial charge in [-0.15, -0.1) is 0 Å². The summed E-state index contributed by atoms with van der Waals surface area (Å²) in [5.74, 6) is 1.18. The van der Waals surface area contributed by atoms with Crippen LogP contribution in [0.5, 0.6) is 17.4 Å². The monoisotopic (exact) mass is 244 g/mol. The van der Waals surface area contributed by atoms with Gasteiger partial charge in [0.25, 0.3) is 0 Å². The van der Waals surface area contributed by atoms with Gasteiger partial charge in [0.1, 0.15) is 6.29 Å². The van der Waals surface area contributed by atoms with Gasteiger partial charge in [0, 0.05) is 11.8 Å². The summed E-state index contributed by atoms with van der Waals surface area (Å²) in [4.78, 5) is 14.8. The summed E-state index contributed by atoms with van der Waals surface area (Å²) in [6, 6.07) is 8.25. The molecule has 0 atom stereocenters. The van der Waals surface area contributed by atoms with Gasteiger partial charge in [0.15, 0.2) is 11.5 Å². The fraction of sp³-hybridized carbons (Fsp3) is 0.0769. The maximum absolute atomic E-state index is 10.7. The number of aromatic nitrogens is 1. The van der Waals surface area contributed by atoms with Crippen molar-refractivity contribution in [3.63, 3.8) is 0 Å². The van der Waals surface area contributed by atoms with Crippen LogP contribution >= 0.6 is 0 Å². The molecule has 92 valence electrons. The summed E-state index contributed by atoms with van der Waals surface area (Å²) in [6.45, 7) is 0. The molecule has 0 aliphatic carbocycles. The quantitative estimate of drug-likeness (QED) is 0.835. The van der Waals surface area contributed by atoms with E-state index in [9.17, 15) is 4.79 Å². The number of pyridine rings is 1. The van der Waals surface area contributed by atoms with E-state index in [0.29, 0.717) is 22.7 Å². The molecule has 5 heteroatoms. The number of aldehydes is 1. The molecule has 0 radical (unpaired) electrons. The van der Waals surface area contributed by atoms with E-state index in [1.807, 2.05) is 0 Å². The number of nitrogen functional groups attached to an aromatic ring is 1. The highest BCUT2D eigenvalue weighted by Crippen LogP contribution is 2.33. The Balaban J connectivity index is 2.38. The Kier molecular flexibility index (Phi) is 3.43. The molecule has 1 aromatic heterocycles. The van der Waals surface area contributed by atoms with E-state index in [4.69, 9.17) is 15.2 Å². The number of benzene rings is 1. The summed E-state index contributed by atoms with van der Waals surface area (Å²) in [7, 11) is 1.52. The fourth-order valence-electron chi connectivity index (χ4n) is 1.44. The predicted octanol–water partition coefficient (Wildman–Crippen LogP) is 2.28. The summed E-state index contributed by atoms with van der Waals surface area (Å²) >= 11 is 0. The second-order valence-corrected chi connectivity index (χ2v) is 3.53. The normalized spacial score (nSPS) is 9.83. The number of rotatable bonds is 4. The Morgan fingerprint density at radius 2 is 2.11 bits per heavy atom. The first-order valence-corrected chi connectivity index (χ1v) is 5.26. The second kappa shape index (κ2) is 5.18. The van der Waals surface area contributed by atoms with E-state index in [-0.39, 0.29) is 5.88 Å². The van der Waals surface area contributed by atoms with Crippen LogP contribution in [-0.4, -0.2) is 18.4 Å². The first-order valence-electron chi connectivity index (χ1n) is 5.26. The van der Waals surface area contributed by atoms with Crippen LogP contribution in [0.2, 0.25) is 0 Å². The molecule has 5 nitrogen and oxygen atoms in total. The highest BCUT2D eigenvalue weighted by molar-refractivity contribution is 5.76. The van der Waals surface area contributed by atoms with Crippen molar-refractivity contribution < 1.29 is 14.3 Å². The standard InChI is InChI=1S/C13H12N2O3/c1-17-11-5-4-9(8-16)7-12(11)18-13-10(14)3-2-6-15-13/h2-8H,14H2,1H3. The summed E-state index contributed by atoms with van der Waals surface area (Å²) in [6.07, 6.45) is 2.30. The molecule has 0 fully saturated rings. The van der Waals surface area contributed by atoms with Gasteiger partial charge < -0.3 is 15.2 Å². The third kappa shape index (κ3) is 2.40. The number of carbonyl (C=O) groups excluding carboxylic acids is 1. The lowest BCUT2D eigenvalue weighted by Crippen LogP contribution is -1.97. The van der Waals surface area contributed by atoms with Gasteiger partial charge >= 0.3 is 0 Å². The molecular formula is C13H12N2O3. The molecule has 2 aromatic rings. The molecule has 0 aliphatic heterocycles. The SMILES string of the molecule is COc1ccc(C=O)cc1Oc1ncccc1N. The van der Waals surface area contributed by atoms with Gasteiger partial charge in [-0.25, -0.2) is 4.98 Å². The molecule has 0 bridgehead atoms. The highest BCUT2D eigenvalue weighted by atomic mass is 16.5. The van der Waals surface area contributed by atoms with Crippen LogP contribution in [0.4, 0.5) is 5.69 Å². The van der Waals surface area contributed by atoms with E-state index < -0.39 is 0 Å². The maximum Gasteiger partial charge on any atom is 0.242 e. The first kappa shape index (κ1) is 11.9. The van der Waals surface area contributed by atoms with Crippen LogP contribution in [0.3, 0.4) is 0 Å². The summed E-state index contributed by atoms with van der Waals surface area (Å²) in [5, 5.41) is 0. The number of hydrogen-bond acceptors (Lipinski definition) is 5. The number of nitrogens with two attached hydrogens (primary N) is 1. The van der Waals surface area contributed by atoms with Gasteiger partial charge in [-0.2, -0.15) is 0 Å². The minimum absolute atomic E-state index is 0.277. The van der Waals surface area contributed by atoms with Crippen LogP contribution in [0, 0.1) is 0 Å². The zero-order valence-electron chi connectivity index (χ0n) is 9.79. The lowest BCUT2D eigenvalue weighted by molar-refractivity contribution is 0.112. The summed E-state index contributed by atoms with van der Waals surface area (Å²) in [5.41, 5.74) is 6.63. The number of hydrogen-bond donors (Lipinski definition) is 1. The zero-order valence-corrected chi connectivity index (χ0v) is 9.79. The zero-order chi connectivity index (χ0) is 13.0. The van der Waals surface area contributed by atoms with Gasteiger partial charge in [0.2, 0.25) is 5.88 Å². The third-order valence-electron chi connectivity index (χ3n) is 2.33. The maximum atomic E-state index is 10.7. The molecule has 1 aromatic carbocycles. The van der Waals surface area contributed by atoms with Crippen molar-refractivity contribution in [2.45, 2.75) is 0 Å². The van der Waals surface area contributed by atoms with Crippen LogP contribution in [-0.2, 0) is 0 Å². The molecule has 2 N–H and O–H groups in total. The Bertz CT molecular complexity index is 570. The highest BCUT2D eigenvalue weighted by Gasteiger charge is 2.09. The van der Waals surface area contributed by atoms with Crippen molar-refractivity contribution in [3.05, 3.63) is 42.1 Å². The molecule has 0 saturated heterocycles. The molecule has 0 aliphatic rings. The average Bonchev–Trinajstić information content (AvgIpc) is 2.41. The fourth-order valence-corrected chi connectivity index (χ4v) is 1.44. The molecule has 0 spiro atoms. The largest absolute Gasteiger partial charge is 0.493 e. The number of carbonyl (C=O) groups is 1. The molecular weight excluding hydrogens is 232 g/mol. The molecule has 0 saturated carbocycles. The Labute approximate surface area is 104 Å². The number of nitrogens with zero attached hydrogens (tertiary/aromatic N) is 1. The van der Waals surface area contributed by atoms with Gasteiger partial charge in [-0.05, 0) is 30.3 Å². The van der Waals surface area contributed by atoms with Crippen LogP contribution in [0.1, 0.15) is 10.4 Å². The van der Waals surface area contributed by atoms with Crippen molar-refractivity contribution in [1.29, 1.82) is 0 Å². The lowest BCUT2D eigenvalue weighted by Gasteiger charge is -2.11. The number of anilines is 1. The lowest BCUT2D eigenvalue weighted by atomic mass is 10.2. The van der Waals surface area contributed by atoms with Gasteiger partial charge in [-0.1, -0.05) is 0 Å². The minimum Gasteiger partial charge on any atom is -0.493 e. The Morgan fingerprint density at radius 1 is 1.28 bits per heavy atom. The van der Waals surface area contributed by atoms with Gasteiger partial charge in [0.05, 0.1) is 12.8 Å². The van der Waals surface area contributed by atoms with Crippen LogP contribution in [0.25, 0.3) is 0 Å². The minimum atomic E-state index is 0.277. The van der Waals surface area contributed by atoms with Crippen molar-refractivity contribution in [2.24, 2.45) is 0 Å². The molecule has 0 unspecified atom stereocenters. The Hall–Kier alpha value is -2.56. The van der Waals surface area contributed by atoms with E-state index >= 15 is 0 Å². The molecule has 0 amide bonds. The van der Waals surface area contributed by atoms with Crippen molar-refractivity contribution in [2.75, 3.05) is 12.8 Å². The van der Waals surface area contributed by atoms with Crippen molar-refractivity contribution >= 4 is 12.0 Å². The average molecular weight is 244 g/mol. The number of methoxy groups -OCH3 is 1. The van der Waals surface area contributed by atoms with E-state index in [0.717, 1.165) is 6.29 Å². The smallest absolute Gasteiger partial charge is 0.242 e.